The van der Waals surface area contributed by atoms with Gasteiger partial charge in [0.05, 0.1) is 12.6 Å². The van der Waals surface area contributed by atoms with E-state index in [1.165, 1.54) is 12.1 Å². The first-order valence-corrected chi connectivity index (χ1v) is 5.41. The first kappa shape index (κ1) is 13.1. The minimum absolute atomic E-state index is 0.0101. The molecule has 0 saturated carbocycles. The smallest absolute Gasteiger partial charge is 0.263 e. The van der Waals surface area contributed by atoms with E-state index < -0.39 is 6.43 Å². The van der Waals surface area contributed by atoms with Crippen LogP contribution in [-0.2, 0) is 0 Å². The Morgan fingerprint density at radius 2 is 1.75 bits per heavy atom. The van der Waals surface area contributed by atoms with Gasteiger partial charge in [0.2, 0.25) is 0 Å². The molecule has 1 unspecified atom stereocenters. The molecule has 0 aromatic heterocycles. The van der Waals surface area contributed by atoms with E-state index in [0.29, 0.717) is 0 Å². The molecule has 0 amide bonds. The fraction of sp³-hybridized carbons (Fsp3) is 0.500. The predicted octanol–water partition coefficient (Wildman–Crippen LogP) is 2.66. The maximum atomic E-state index is 12.3. The van der Waals surface area contributed by atoms with Crippen molar-refractivity contribution in [3.05, 3.63) is 35.4 Å². The maximum Gasteiger partial charge on any atom is 0.263 e. The standard InChI is InChI=1S/C12H17F2NO/c1-2-7-15-11(8-16)9-3-5-10(6-4-9)12(13)14/h3-6,11-12,15-16H,2,7-8H2,1H3. The molecule has 2 N–H and O–H groups in total. The molecule has 0 aliphatic heterocycles. The number of aliphatic hydroxyl groups is 1. The van der Waals surface area contributed by atoms with Crippen LogP contribution >= 0.6 is 0 Å². The van der Waals surface area contributed by atoms with Gasteiger partial charge in [0, 0.05) is 5.56 Å². The summed E-state index contributed by atoms with van der Waals surface area (Å²) in [5.74, 6) is 0. The summed E-state index contributed by atoms with van der Waals surface area (Å²) in [6.07, 6.45) is -1.48. The summed E-state index contributed by atoms with van der Waals surface area (Å²) >= 11 is 0. The SMILES string of the molecule is CCCNC(CO)c1ccc(C(F)F)cc1. The molecule has 0 aliphatic rings. The minimum atomic E-state index is -2.44. The van der Waals surface area contributed by atoms with E-state index >= 15 is 0 Å². The second-order valence-corrected chi connectivity index (χ2v) is 3.66. The summed E-state index contributed by atoms with van der Waals surface area (Å²) in [6, 6.07) is 5.88. The van der Waals surface area contributed by atoms with Crippen LogP contribution in [0.15, 0.2) is 24.3 Å². The van der Waals surface area contributed by atoms with Crippen molar-refractivity contribution in [3.8, 4) is 0 Å². The molecule has 0 bridgehead atoms. The molecule has 0 saturated heterocycles. The summed E-state index contributed by atoms with van der Waals surface area (Å²) in [4.78, 5) is 0. The lowest BCUT2D eigenvalue weighted by Crippen LogP contribution is -2.25. The van der Waals surface area contributed by atoms with Crippen LogP contribution in [0.4, 0.5) is 8.78 Å². The number of rotatable bonds is 6. The Hall–Kier alpha value is -1.00. The molecule has 0 heterocycles. The van der Waals surface area contributed by atoms with E-state index in [9.17, 15) is 13.9 Å². The normalized spacial score (nSPS) is 13.1. The van der Waals surface area contributed by atoms with E-state index in [0.717, 1.165) is 18.5 Å². The fourth-order valence-corrected chi connectivity index (χ4v) is 1.48. The molecule has 2 nitrogen and oxygen atoms in total. The van der Waals surface area contributed by atoms with Gasteiger partial charge in [-0.3, -0.25) is 0 Å². The Labute approximate surface area is 94.3 Å². The molecule has 0 fully saturated rings. The van der Waals surface area contributed by atoms with Gasteiger partial charge in [-0.05, 0) is 18.5 Å². The Bertz CT molecular complexity index is 300. The minimum Gasteiger partial charge on any atom is -0.394 e. The van der Waals surface area contributed by atoms with E-state index in [1.807, 2.05) is 6.92 Å². The number of alkyl halides is 2. The highest BCUT2D eigenvalue weighted by molar-refractivity contribution is 5.25. The Kier molecular flexibility index (Phi) is 5.35. The zero-order valence-corrected chi connectivity index (χ0v) is 9.29. The molecule has 0 aliphatic carbocycles. The number of halogens is 2. The molecule has 0 radical (unpaired) electrons. The van der Waals surface area contributed by atoms with E-state index in [1.54, 1.807) is 12.1 Å². The number of nitrogens with one attached hydrogen (secondary N) is 1. The Morgan fingerprint density at radius 3 is 2.19 bits per heavy atom. The van der Waals surface area contributed by atoms with Crippen LogP contribution < -0.4 is 5.32 Å². The van der Waals surface area contributed by atoms with Gasteiger partial charge in [-0.1, -0.05) is 31.2 Å². The first-order chi connectivity index (χ1) is 7.69. The first-order valence-electron chi connectivity index (χ1n) is 5.41. The highest BCUT2D eigenvalue weighted by Crippen LogP contribution is 2.21. The van der Waals surface area contributed by atoms with Crippen molar-refractivity contribution in [1.82, 2.24) is 5.32 Å². The van der Waals surface area contributed by atoms with Crippen molar-refractivity contribution in [2.45, 2.75) is 25.8 Å². The van der Waals surface area contributed by atoms with Crippen molar-refractivity contribution in [2.75, 3.05) is 13.2 Å². The molecule has 90 valence electrons. The lowest BCUT2D eigenvalue weighted by molar-refractivity contribution is 0.151. The van der Waals surface area contributed by atoms with Crippen molar-refractivity contribution in [1.29, 1.82) is 0 Å². The molecule has 16 heavy (non-hydrogen) atoms. The molecule has 1 atom stereocenters. The van der Waals surface area contributed by atoms with Gasteiger partial charge in [0.15, 0.2) is 0 Å². The van der Waals surface area contributed by atoms with Crippen LogP contribution in [0.1, 0.15) is 36.9 Å². The monoisotopic (exact) mass is 229 g/mol. The summed E-state index contributed by atoms with van der Waals surface area (Å²) < 4.78 is 24.6. The van der Waals surface area contributed by atoms with Crippen LogP contribution in [0.2, 0.25) is 0 Å². The lowest BCUT2D eigenvalue weighted by atomic mass is 10.1. The van der Waals surface area contributed by atoms with Gasteiger partial charge in [-0.25, -0.2) is 8.78 Å². The van der Waals surface area contributed by atoms with Crippen molar-refractivity contribution < 1.29 is 13.9 Å². The highest BCUT2D eigenvalue weighted by Gasteiger charge is 2.11. The third kappa shape index (κ3) is 3.54. The van der Waals surface area contributed by atoms with Gasteiger partial charge in [0.1, 0.15) is 0 Å². The second-order valence-electron chi connectivity index (χ2n) is 3.66. The van der Waals surface area contributed by atoms with E-state index in [2.05, 4.69) is 5.32 Å². The predicted molar refractivity (Wildman–Crippen MR) is 59.5 cm³/mol. The van der Waals surface area contributed by atoms with Gasteiger partial charge in [-0.2, -0.15) is 0 Å². The molecule has 4 heteroatoms. The largest absolute Gasteiger partial charge is 0.394 e. The number of hydrogen-bond acceptors (Lipinski definition) is 2. The molecular weight excluding hydrogens is 212 g/mol. The summed E-state index contributed by atoms with van der Waals surface area (Å²) in [6.45, 7) is 2.79. The van der Waals surface area contributed by atoms with Gasteiger partial charge < -0.3 is 10.4 Å². The summed E-state index contributed by atoms with van der Waals surface area (Å²) in [7, 11) is 0. The second kappa shape index (κ2) is 6.55. The molecule has 1 aromatic rings. The van der Waals surface area contributed by atoms with Gasteiger partial charge in [-0.15, -0.1) is 0 Å². The van der Waals surface area contributed by atoms with Crippen LogP contribution in [0.3, 0.4) is 0 Å². The summed E-state index contributed by atoms with van der Waals surface area (Å²) in [5.41, 5.74) is 0.844. The number of aliphatic hydroxyl groups excluding tert-OH is 1. The van der Waals surface area contributed by atoms with Crippen molar-refractivity contribution in [2.24, 2.45) is 0 Å². The average molecular weight is 229 g/mol. The average Bonchev–Trinajstić information content (AvgIpc) is 2.30. The number of benzene rings is 1. The summed E-state index contributed by atoms with van der Waals surface area (Å²) in [5, 5.41) is 12.3. The highest BCUT2D eigenvalue weighted by atomic mass is 19.3. The molecule has 0 spiro atoms. The quantitative estimate of drug-likeness (QED) is 0.786. The van der Waals surface area contributed by atoms with Crippen LogP contribution in [-0.4, -0.2) is 18.3 Å². The van der Waals surface area contributed by atoms with E-state index in [-0.39, 0.29) is 18.2 Å². The van der Waals surface area contributed by atoms with Gasteiger partial charge in [0.25, 0.3) is 6.43 Å². The maximum absolute atomic E-state index is 12.3. The Balaban J connectivity index is 2.70. The topological polar surface area (TPSA) is 32.3 Å². The van der Waals surface area contributed by atoms with Gasteiger partial charge >= 0.3 is 0 Å². The van der Waals surface area contributed by atoms with Crippen molar-refractivity contribution in [3.63, 3.8) is 0 Å². The number of hydrogen-bond donors (Lipinski definition) is 2. The molecule has 1 aromatic carbocycles. The van der Waals surface area contributed by atoms with Crippen LogP contribution in [0.25, 0.3) is 0 Å². The zero-order valence-electron chi connectivity index (χ0n) is 9.29. The zero-order chi connectivity index (χ0) is 12.0. The van der Waals surface area contributed by atoms with Crippen molar-refractivity contribution >= 4 is 0 Å². The lowest BCUT2D eigenvalue weighted by Gasteiger charge is -2.16. The fourth-order valence-electron chi connectivity index (χ4n) is 1.48. The van der Waals surface area contributed by atoms with Crippen LogP contribution in [0.5, 0.6) is 0 Å². The molecular formula is C12H17F2NO. The Morgan fingerprint density at radius 1 is 1.19 bits per heavy atom. The van der Waals surface area contributed by atoms with Crippen LogP contribution in [0, 0.1) is 0 Å². The van der Waals surface area contributed by atoms with E-state index in [4.69, 9.17) is 0 Å². The third-order valence-corrected chi connectivity index (χ3v) is 2.41. The molecule has 1 rings (SSSR count). The third-order valence-electron chi connectivity index (χ3n) is 2.41.